The number of hydrogen-bond donors (Lipinski definition) is 2. The van der Waals surface area contributed by atoms with Crippen molar-refractivity contribution in [3.8, 4) is 0 Å². The first kappa shape index (κ1) is 8.68. The van der Waals surface area contributed by atoms with Crippen LogP contribution in [-0.2, 0) is 0 Å². The van der Waals surface area contributed by atoms with Gasteiger partial charge in [-0.05, 0) is 6.07 Å². The minimum absolute atomic E-state index is 0. The van der Waals surface area contributed by atoms with Crippen molar-refractivity contribution in [2.24, 2.45) is 0 Å². The summed E-state index contributed by atoms with van der Waals surface area (Å²) < 4.78 is 0. The number of hydrogen-bond acceptors (Lipinski definition) is 4. The molecule has 4 nitrogen and oxygen atoms in total. The molecule has 0 saturated heterocycles. The van der Waals surface area contributed by atoms with Crippen molar-refractivity contribution < 1.29 is 0 Å². The van der Waals surface area contributed by atoms with Crippen LogP contribution in [0.1, 0.15) is 0 Å². The molecule has 0 spiro atoms. The van der Waals surface area contributed by atoms with Crippen LogP contribution in [0.15, 0.2) is 12.3 Å². The molecule has 1 heterocycles. The van der Waals surface area contributed by atoms with Gasteiger partial charge in [0.05, 0.1) is 0 Å². The zero-order valence-electron chi connectivity index (χ0n) is 4.20. The summed E-state index contributed by atoms with van der Waals surface area (Å²) in [5.74, 6) is 0.613. The topological polar surface area (TPSA) is 77.8 Å². The Morgan fingerprint density at radius 2 is 2.00 bits per heavy atom. The molecule has 0 bridgehead atoms. The molecule has 0 aliphatic carbocycles. The van der Waals surface area contributed by atoms with Crippen molar-refractivity contribution in [1.29, 1.82) is 0 Å². The van der Waals surface area contributed by atoms with Crippen molar-refractivity contribution in [3.63, 3.8) is 0 Å². The minimum atomic E-state index is 0. The van der Waals surface area contributed by atoms with E-state index in [4.69, 9.17) is 11.5 Å². The Bertz CT molecular complexity index is 172. The van der Waals surface area contributed by atoms with Gasteiger partial charge < -0.3 is 11.5 Å². The molecule has 5 heteroatoms. The van der Waals surface area contributed by atoms with Gasteiger partial charge in [0.2, 0.25) is 5.95 Å². The SMILES string of the molecule is Nc1ccnc(N)n1.[NaH]. The Hall–Kier alpha value is -0.320. The Morgan fingerprint density at radius 1 is 1.33 bits per heavy atom. The molecule has 0 unspecified atom stereocenters. The number of rotatable bonds is 0. The van der Waals surface area contributed by atoms with E-state index in [1.165, 1.54) is 6.20 Å². The fourth-order valence-electron chi connectivity index (χ4n) is 0.388. The average Bonchev–Trinajstić information content (AvgIpc) is 1.64. The van der Waals surface area contributed by atoms with Crippen LogP contribution in [0.4, 0.5) is 11.8 Å². The number of nitrogens with two attached hydrogens (primary N) is 2. The first-order valence-corrected chi connectivity index (χ1v) is 2.13. The predicted octanol–water partition coefficient (Wildman–Crippen LogP) is -1.01. The average molecular weight is 134 g/mol. The summed E-state index contributed by atoms with van der Waals surface area (Å²) in [6.07, 6.45) is 1.51. The summed E-state index contributed by atoms with van der Waals surface area (Å²) in [4.78, 5) is 7.24. The maximum absolute atomic E-state index is 5.23. The van der Waals surface area contributed by atoms with Gasteiger partial charge in [0, 0.05) is 6.20 Å². The van der Waals surface area contributed by atoms with Gasteiger partial charge in [-0.2, -0.15) is 4.98 Å². The molecule has 0 fully saturated rings. The van der Waals surface area contributed by atoms with Crippen LogP contribution in [0.5, 0.6) is 0 Å². The molecule has 0 aromatic carbocycles. The summed E-state index contributed by atoms with van der Waals surface area (Å²) in [7, 11) is 0. The van der Waals surface area contributed by atoms with E-state index in [2.05, 4.69) is 9.97 Å². The molecular formula is C4H7N4Na. The number of aromatic nitrogens is 2. The molecule has 44 valence electrons. The second-order valence-corrected chi connectivity index (χ2v) is 1.34. The van der Waals surface area contributed by atoms with Crippen LogP contribution < -0.4 is 11.5 Å². The quantitative estimate of drug-likeness (QED) is 0.446. The summed E-state index contributed by atoms with van der Waals surface area (Å²) in [5.41, 5.74) is 10.4. The van der Waals surface area contributed by atoms with Crippen LogP contribution in [0, 0.1) is 0 Å². The summed E-state index contributed by atoms with van der Waals surface area (Å²) >= 11 is 0. The standard InChI is InChI=1S/C4H6N4.Na.H/c5-3-1-2-7-4(6)8-3;;/h1-2H,(H4,5,6,7,8);;. The molecule has 0 radical (unpaired) electrons. The maximum atomic E-state index is 5.23. The van der Waals surface area contributed by atoms with Gasteiger partial charge in [-0.1, -0.05) is 0 Å². The second-order valence-electron chi connectivity index (χ2n) is 1.34. The van der Waals surface area contributed by atoms with Gasteiger partial charge in [0.25, 0.3) is 0 Å². The van der Waals surface area contributed by atoms with Crippen LogP contribution in [0.25, 0.3) is 0 Å². The van der Waals surface area contributed by atoms with E-state index in [1.807, 2.05) is 0 Å². The Balaban J connectivity index is 0.000000640. The number of nitrogens with zero attached hydrogens (tertiary/aromatic N) is 2. The third kappa shape index (κ3) is 2.64. The van der Waals surface area contributed by atoms with Crippen LogP contribution in [0.3, 0.4) is 0 Å². The van der Waals surface area contributed by atoms with Crippen molar-refractivity contribution in [2.45, 2.75) is 0 Å². The molecule has 0 aliphatic heterocycles. The van der Waals surface area contributed by atoms with Gasteiger partial charge in [-0.15, -0.1) is 0 Å². The monoisotopic (exact) mass is 134 g/mol. The van der Waals surface area contributed by atoms with Crippen molar-refractivity contribution >= 4 is 41.3 Å². The van der Waals surface area contributed by atoms with Crippen LogP contribution >= 0.6 is 0 Å². The normalized spacial score (nSPS) is 8.00. The van der Waals surface area contributed by atoms with Gasteiger partial charge in [-0.3, -0.25) is 0 Å². The fraction of sp³-hybridized carbons (Fsp3) is 0. The van der Waals surface area contributed by atoms with Crippen molar-refractivity contribution in [3.05, 3.63) is 12.3 Å². The number of nitrogen functional groups attached to an aromatic ring is 2. The van der Waals surface area contributed by atoms with Gasteiger partial charge in [-0.25, -0.2) is 4.98 Å². The molecule has 0 saturated carbocycles. The zero-order chi connectivity index (χ0) is 5.98. The van der Waals surface area contributed by atoms with E-state index in [0.717, 1.165) is 0 Å². The second kappa shape index (κ2) is 3.66. The van der Waals surface area contributed by atoms with Crippen LogP contribution in [0.2, 0.25) is 0 Å². The molecule has 0 aliphatic rings. The molecule has 9 heavy (non-hydrogen) atoms. The van der Waals surface area contributed by atoms with E-state index in [1.54, 1.807) is 6.07 Å². The summed E-state index contributed by atoms with van der Waals surface area (Å²) in [6.45, 7) is 0. The third-order valence-electron chi connectivity index (χ3n) is 0.696. The van der Waals surface area contributed by atoms with Crippen LogP contribution in [-0.4, -0.2) is 39.5 Å². The Morgan fingerprint density at radius 3 is 2.33 bits per heavy atom. The van der Waals surface area contributed by atoms with Gasteiger partial charge in [0.15, 0.2) is 0 Å². The molecule has 0 atom stereocenters. The van der Waals surface area contributed by atoms with Crippen molar-refractivity contribution in [2.75, 3.05) is 11.5 Å². The van der Waals surface area contributed by atoms with Crippen molar-refractivity contribution in [1.82, 2.24) is 9.97 Å². The van der Waals surface area contributed by atoms with E-state index >= 15 is 0 Å². The zero-order valence-corrected chi connectivity index (χ0v) is 4.20. The molecule has 4 N–H and O–H groups in total. The number of anilines is 2. The molecule has 0 amide bonds. The van der Waals surface area contributed by atoms with E-state index < -0.39 is 0 Å². The van der Waals surface area contributed by atoms with E-state index in [-0.39, 0.29) is 35.5 Å². The molecule has 1 aromatic heterocycles. The summed E-state index contributed by atoms with van der Waals surface area (Å²) in [5, 5.41) is 0. The fourth-order valence-corrected chi connectivity index (χ4v) is 0.388. The Labute approximate surface area is 75.0 Å². The first-order valence-electron chi connectivity index (χ1n) is 2.13. The molecule has 1 aromatic rings. The molecule has 1 rings (SSSR count). The first-order chi connectivity index (χ1) is 3.79. The predicted molar refractivity (Wildman–Crippen MR) is 38.0 cm³/mol. The summed E-state index contributed by atoms with van der Waals surface area (Å²) in [6, 6.07) is 1.58. The van der Waals surface area contributed by atoms with E-state index in [0.29, 0.717) is 5.82 Å². The Kier molecular flexibility index (Phi) is 3.53. The third-order valence-corrected chi connectivity index (χ3v) is 0.696. The van der Waals surface area contributed by atoms with Gasteiger partial charge in [0.1, 0.15) is 5.82 Å². The van der Waals surface area contributed by atoms with E-state index in [9.17, 15) is 0 Å². The van der Waals surface area contributed by atoms with Gasteiger partial charge >= 0.3 is 29.6 Å². The molecular weight excluding hydrogens is 127 g/mol.